The predicted molar refractivity (Wildman–Crippen MR) is 106 cm³/mol. The smallest absolute Gasteiger partial charge is 0.285 e. The van der Waals surface area contributed by atoms with E-state index >= 15 is 0 Å². The van der Waals surface area contributed by atoms with Crippen LogP contribution in [-0.4, -0.2) is 21.5 Å². The topological polar surface area (TPSA) is 105 Å². The second-order valence-corrected chi connectivity index (χ2v) is 6.67. The van der Waals surface area contributed by atoms with Gasteiger partial charge in [0.15, 0.2) is 5.78 Å². The summed E-state index contributed by atoms with van der Waals surface area (Å²) >= 11 is 0. The molecular weight excluding hydrogens is 356 g/mol. The van der Waals surface area contributed by atoms with Gasteiger partial charge in [-0.05, 0) is 50.1 Å². The van der Waals surface area contributed by atoms with Gasteiger partial charge < -0.3 is 5.32 Å². The standard InChI is InChI=1S/C21H24N4O3/c1-4-5-6-7-20(27)23-17-10-8-16(9-11-17)19(26)13-25-21(28)18(12-22)14(2)15(3)24-25/h8-11H,4-7,13H2,1-3H3,(H,23,27). The van der Waals surface area contributed by atoms with Crippen molar-refractivity contribution in [2.75, 3.05) is 5.32 Å². The van der Waals surface area contributed by atoms with Crippen LogP contribution in [0.2, 0.25) is 0 Å². The Hall–Kier alpha value is -3.27. The molecule has 0 unspecified atom stereocenters. The first-order valence-corrected chi connectivity index (χ1v) is 9.29. The summed E-state index contributed by atoms with van der Waals surface area (Å²) < 4.78 is 1.02. The van der Waals surface area contributed by atoms with E-state index in [4.69, 9.17) is 5.26 Å². The highest BCUT2D eigenvalue weighted by atomic mass is 16.2. The molecule has 1 amide bonds. The molecule has 0 aliphatic carbocycles. The maximum absolute atomic E-state index is 12.5. The van der Waals surface area contributed by atoms with E-state index in [1.165, 1.54) is 0 Å². The first kappa shape index (κ1) is 21.0. The summed E-state index contributed by atoms with van der Waals surface area (Å²) in [5.74, 6) is -0.356. The monoisotopic (exact) mass is 380 g/mol. The molecule has 1 aromatic heterocycles. The predicted octanol–water partition coefficient (Wildman–Crippen LogP) is 3.13. The van der Waals surface area contributed by atoms with E-state index in [0.717, 1.165) is 23.9 Å². The van der Waals surface area contributed by atoms with Crippen molar-refractivity contribution in [2.24, 2.45) is 0 Å². The number of anilines is 1. The highest BCUT2D eigenvalue weighted by Gasteiger charge is 2.15. The number of hydrogen-bond donors (Lipinski definition) is 1. The molecule has 0 saturated heterocycles. The minimum absolute atomic E-state index is 0.00133. The molecule has 2 rings (SSSR count). The summed E-state index contributed by atoms with van der Waals surface area (Å²) in [6, 6.07) is 8.38. The molecule has 0 aliphatic rings. The highest BCUT2D eigenvalue weighted by Crippen LogP contribution is 2.12. The summed E-state index contributed by atoms with van der Waals surface area (Å²) in [5.41, 5.74) is 1.50. The maximum atomic E-state index is 12.5. The van der Waals surface area contributed by atoms with Gasteiger partial charge in [0.25, 0.3) is 5.56 Å². The summed E-state index contributed by atoms with van der Waals surface area (Å²) in [6.45, 7) is 5.17. The van der Waals surface area contributed by atoms with Crippen molar-refractivity contribution in [2.45, 2.75) is 53.0 Å². The van der Waals surface area contributed by atoms with Gasteiger partial charge in [-0.2, -0.15) is 10.4 Å². The number of nitrogens with one attached hydrogen (secondary N) is 1. The molecule has 0 radical (unpaired) electrons. The van der Waals surface area contributed by atoms with Gasteiger partial charge in [0.1, 0.15) is 18.2 Å². The molecule has 2 aromatic rings. The van der Waals surface area contributed by atoms with E-state index < -0.39 is 5.56 Å². The fourth-order valence-corrected chi connectivity index (χ4v) is 2.74. The molecule has 1 aromatic carbocycles. The molecule has 146 valence electrons. The second-order valence-electron chi connectivity index (χ2n) is 6.67. The number of rotatable bonds is 8. The zero-order valence-corrected chi connectivity index (χ0v) is 16.4. The molecular formula is C21H24N4O3. The molecule has 7 nitrogen and oxygen atoms in total. The van der Waals surface area contributed by atoms with Gasteiger partial charge in [0.2, 0.25) is 5.91 Å². The summed E-state index contributed by atoms with van der Waals surface area (Å²) in [4.78, 5) is 36.7. The Balaban J connectivity index is 2.08. The quantitative estimate of drug-likeness (QED) is 0.559. The van der Waals surface area contributed by atoms with Crippen LogP contribution in [0.4, 0.5) is 5.69 Å². The number of hydrogen-bond acceptors (Lipinski definition) is 5. The number of aryl methyl sites for hydroxylation is 1. The normalized spacial score (nSPS) is 10.4. The van der Waals surface area contributed by atoms with Crippen LogP contribution in [-0.2, 0) is 11.3 Å². The zero-order valence-electron chi connectivity index (χ0n) is 16.4. The van der Waals surface area contributed by atoms with Crippen molar-refractivity contribution < 1.29 is 9.59 Å². The van der Waals surface area contributed by atoms with Gasteiger partial charge in [-0.1, -0.05) is 19.8 Å². The molecule has 7 heteroatoms. The average molecular weight is 380 g/mol. The molecule has 1 heterocycles. The number of aromatic nitrogens is 2. The lowest BCUT2D eigenvalue weighted by Gasteiger charge is -2.09. The molecule has 0 atom stereocenters. The van der Waals surface area contributed by atoms with Crippen LogP contribution in [0, 0.1) is 25.2 Å². The van der Waals surface area contributed by atoms with E-state index in [0.29, 0.717) is 28.9 Å². The lowest BCUT2D eigenvalue weighted by atomic mass is 10.1. The third-order valence-electron chi connectivity index (χ3n) is 4.54. The molecule has 0 spiro atoms. The summed E-state index contributed by atoms with van der Waals surface area (Å²) in [5, 5.41) is 16.1. The zero-order chi connectivity index (χ0) is 20.7. The van der Waals surface area contributed by atoms with E-state index in [9.17, 15) is 14.4 Å². The van der Waals surface area contributed by atoms with E-state index in [1.54, 1.807) is 38.1 Å². The molecule has 0 aliphatic heterocycles. The first-order valence-electron chi connectivity index (χ1n) is 9.29. The fraction of sp³-hybridized carbons (Fsp3) is 0.381. The number of ketones is 1. The van der Waals surface area contributed by atoms with Crippen molar-refractivity contribution in [1.29, 1.82) is 5.26 Å². The van der Waals surface area contributed by atoms with Crippen LogP contribution in [0.1, 0.15) is 59.8 Å². The highest BCUT2D eigenvalue weighted by molar-refractivity contribution is 5.97. The largest absolute Gasteiger partial charge is 0.326 e. The van der Waals surface area contributed by atoms with Gasteiger partial charge in [-0.25, -0.2) is 4.68 Å². The molecule has 0 fully saturated rings. The molecule has 28 heavy (non-hydrogen) atoms. The second kappa shape index (κ2) is 9.60. The van der Waals surface area contributed by atoms with E-state index in [-0.39, 0.29) is 23.8 Å². The number of nitrogens with zero attached hydrogens (tertiary/aromatic N) is 3. The van der Waals surface area contributed by atoms with Gasteiger partial charge in [-0.3, -0.25) is 14.4 Å². The molecule has 0 saturated carbocycles. The van der Waals surface area contributed by atoms with Crippen molar-refractivity contribution in [3.05, 3.63) is 57.0 Å². The van der Waals surface area contributed by atoms with Crippen LogP contribution in [0.25, 0.3) is 0 Å². The fourth-order valence-electron chi connectivity index (χ4n) is 2.74. The number of nitriles is 1. The lowest BCUT2D eigenvalue weighted by molar-refractivity contribution is -0.116. The third kappa shape index (κ3) is 5.13. The number of benzene rings is 1. The van der Waals surface area contributed by atoms with Crippen LogP contribution >= 0.6 is 0 Å². The Kier molecular flexibility index (Phi) is 7.21. The Bertz CT molecular complexity index is 969. The Morgan fingerprint density at radius 1 is 1.18 bits per heavy atom. The number of unbranched alkanes of at least 4 members (excludes halogenated alkanes) is 2. The van der Waals surface area contributed by atoms with Gasteiger partial charge in [0, 0.05) is 17.7 Å². The maximum Gasteiger partial charge on any atom is 0.285 e. The molecule has 0 bridgehead atoms. The average Bonchev–Trinajstić information content (AvgIpc) is 2.67. The van der Waals surface area contributed by atoms with E-state index in [1.807, 2.05) is 6.07 Å². The first-order chi connectivity index (χ1) is 13.4. The number of carbonyl (C=O) groups is 2. The lowest BCUT2D eigenvalue weighted by Crippen LogP contribution is -2.30. The van der Waals surface area contributed by atoms with E-state index in [2.05, 4.69) is 17.3 Å². The van der Waals surface area contributed by atoms with Crippen molar-refractivity contribution >= 4 is 17.4 Å². The number of Topliss-reactive ketones (excluding diaryl/α,β-unsaturated/α-hetero) is 1. The van der Waals surface area contributed by atoms with Crippen molar-refractivity contribution in [3.63, 3.8) is 0 Å². The van der Waals surface area contributed by atoms with Gasteiger partial charge >= 0.3 is 0 Å². The number of carbonyl (C=O) groups excluding carboxylic acids is 2. The Morgan fingerprint density at radius 3 is 2.46 bits per heavy atom. The SMILES string of the molecule is CCCCCC(=O)Nc1ccc(C(=O)Cn2nc(C)c(C)c(C#N)c2=O)cc1. The van der Waals surface area contributed by atoms with Gasteiger partial charge in [-0.15, -0.1) is 0 Å². The third-order valence-corrected chi connectivity index (χ3v) is 4.54. The van der Waals surface area contributed by atoms with Crippen LogP contribution in [0.3, 0.4) is 0 Å². The molecule has 1 N–H and O–H groups in total. The Labute approximate surface area is 164 Å². The summed E-state index contributed by atoms with van der Waals surface area (Å²) in [6.07, 6.45) is 3.39. The van der Waals surface area contributed by atoms with Crippen LogP contribution in [0.5, 0.6) is 0 Å². The Morgan fingerprint density at radius 2 is 1.86 bits per heavy atom. The van der Waals surface area contributed by atoms with Crippen molar-refractivity contribution in [1.82, 2.24) is 9.78 Å². The number of amides is 1. The van der Waals surface area contributed by atoms with Gasteiger partial charge in [0.05, 0.1) is 5.69 Å². The van der Waals surface area contributed by atoms with Crippen molar-refractivity contribution in [3.8, 4) is 6.07 Å². The van der Waals surface area contributed by atoms with Crippen LogP contribution in [0.15, 0.2) is 29.1 Å². The summed E-state index contributed by atoms with van der Waals surface area (Å²) in [7, 11) is 0. The minimum atomic E-state index is -0.574. The minimum Gasteiger partial charge on any atom is -0.326 e. The van der Waals surface area contributed by atoms with Crippen LogP contribution < -0.4 is 10.9 Å².